The average molecular weight is 255 g/mol. The molecule has 0 aromatic rings. The van der Waals surface area contributed by atoms with E-state index >= 15 is 0 Å². The van der Waals surface area contributed by atoms with Gasteiger partial charge in [-0.05, 0) is 32.7 Å². The van der Waals surface area contributed by atoms with Crippen molar-refractivity contribution in [3.63, 3.8) is 0 Å². The molecule has 1 rings (SSSR count). The first-order valence-electron chi connectivity index (χ1n) is 7.25. The Morgan fingerprint density at radius 1 is 1.28 bits per heavy atom. The molecule has 0 aromatic carbocycles. The van der Waals surface area contributed by atoms with Gasteiger partial charge < -0.3 is 10.6 Å². The van der Waals surface area contributed by atoms with Crippen LogP contribution in [0.4, 0.5) is 0 Å². The molecule has 4 heteroatoms. The second-order valence-electron chi connectivity index (χ2n) is 5.58. The largest absolute Gasteiger partial charge is 0.347 e. The highest BCUT2D eigenvalue weighted by Gasteiger charge is 2.29. The van der Waals surface area contributed by atoms with E-state index in [1.54, 1.807) is 4.90 Å². The van der Waals surface area contributed by atoms with Crippen LogP contribution in [-0.4, -0.2) is 55.0 Å². The van der Waals surface area contributed by atoms with E-state index in [1.165, 1.54) is 32.1 Å². The summed E-state index contributed by atoms with van der Waals surface area (Å²) in [5.41, 5.74) is 5.62. The molecule has 0 radical (unpaired) electrons. The molecule has 1 aliphatic carbocycles. The van der Waals surface area contributed by atoms with Crippen LogP contribution < -0.4 is 5.73 Å². The predicted octanol–water partition coefficient (Wildman–Crippen LogP) is 1.45. The Bertz CT molecular complexity index is 249. The zero-order chi connectivity index (χ0) is 13.5. The molecule has 106 valence electrons. The Hall–Kier alpha value is -0.610. The molecule has 0 heterocycles. The summed E-state index contributed by atoms with van der Waals surface area (Å²) in [6, 6.07) is 0.554. The fraction of sp³-hybridized carbons (Fsp3) is 0.929. The first-order chi connectivity index (χ1) is 8.57. The summed E-state index contributed by atoms with van der Waals surface area (Å²) in [4.78, 5) is 16.2. The molecule has 0 bridgehead atoms. The third kappa shape index (κ3) is 4.25. The topological polar surface area (TPSA) is 49.6 Å². The van der Waals surface area contributed by atoms with Gasteiger partial charge in [-0.15, -0.1) is 0 Å². The van der Waals surface area contributed by atoms with Gasteiger partial charge in [0.05, 0.1) is 6.04 Å². The molecule has 2 N–H and O–H groups in total. The summed E-state index contributed by atoms with van der Waals surface area (Å²) >= 11 is 0. The molecule has 1 unspecified atom stereocenters. The minimum absolute atomic E-state index is 0.0188. The van der Waals surface area contributed by atoms with Crippen molar-refractivity contribution >= 4 is 5.91 Å². The van der Waals surface area contributed by atoms with Crippen LogP contribution in [0.2, 0.25) is 0 Å². The molecule has 1 aliphatic rings. The van der Waals surface area contributed by atoms with E-state index in [1.807, 2.05) is 21.0 Å². The van der Waals surface area contributed by atoms with E-state index in [2.05, 4.69) is 4.90 Å². The molecule has 18 heavy (non-hydrogen) atoms. The molecule has 1 atom stereocenters. The van der Waals surface area contributed by atoms with Crippen LogP contribution in [0.1, 0.15) is 45.4 Å². The fourth-order valence-electron chi connectivity index (χ4n) is 2.89. The third-order valence-corrected chi connectivity index (χ3v) is 3.96. The van der Waals surface area contributed by atoms with Crippen LogP contribution in [0.15, 0.2) is 0 Å². The molecule has 0 aliphatic heterocycles. The lowest BCUT2D eigenvalue weighted by Gasteiger charge is -2.38. The number of rotatable bonds is 6. The molecule has 0 saturated heterocycles. The minimum atomic E-state index is -0.0188. The fourth-order valence-corrected chi connectivity index (χ4v) is 2.89. The molecular weight excluding hydrogens is 226 g/mol. The Kier molecular flexibility index (Phi) is 6.65. The highest BCUT2D eigenvalue weighted by Crippen LogP contribution is 2.24. The van der Waals surface area contributed by atoms with Crippen molar-refractivity contribution in [2.45, 2.75) is 57.5 Å². The van der Waals surface area contributed by atoms with Crippen LogP contribution >= 0.6 is 0 Å². The van der Waals surface area contributed by atoms with E-state index in [4.69, 9.17) is 5.73 Å². The summed E-state index contributed by atoms with van der Waals surface area (Å²) < 4.78 is 0. The van der Waals surface area contributed by atoms with Gasteiger partial charge in [-0.3, -0.25) is 9.69 Å². The Morgan fingerprint density at radius 3 is 2.39 bits per heavy atom. The lowest BCUT2D eigenvalue weighted by atomic mass is 9.93. The molecule has 0 spiro atoms. The van der Waals surface area contributed by atoms with Gasteiger partial charge >= 0.3 is 0 Å². The summed E-state index contributed by atoms with van der Waals surface area (Å²) in [6.07, 6.45) is 7.38. The van der Waals surface area contributed by atoms with Gasteiger partial charge in [0.15, 0.2) is 0 Å². The first-order valence-corrected chi connectivity index (χ1v) is 7.25. The quantitative estimate of drug-likeness (QED) is 0.781. The number of hydrogen-bond donors (Lipinski definition) is 1. The summed E-state index contributed by atoms with van der Waals surface area (Å²) in [5.74, 6) is 0.206. The monoisotopic (exact) mass is 255 g/mol. The molecule has 1 saturated carbocycles. The van der Waals surface area contributed by atoms with Crippen molar-refractivity contribution in [2.24, 2.45) is 5.73 Å². The number of amides is 1. The Balaban J connectivity index is 2.66. The maximum absolute atomic E-state index is 12.1. The average Bonchev–Trinajstić information content (AvgIpc) is 2.39. The van der Waals surface area contributed by atoms with E-state index in [0.717, 1.165) is 13.0 Å². The van der Waals surface area contributed by atoms with Gasteiger partial charge in [0.2, 0.25) is 5.91 Å². The van der Waals surface area contributed by atoms with Crippen molar-refractivity contribution in [1.29, 1.82) is 0 Å². The smallest absolute Gasteiger partial charge is 0.239 e. The van der Waals surface area contributed by atoms with Crippen molar-refractivity contribution < 1.29 is 4.79 Å². The number of nitrogens with two attached hydrogens (primary N) is 1. The number of nitrogens with zero attached hydrogens (tertiary/aromatic N) is 2. The summed E-state index contributed by atoms with van der Waals surface area (Å²) in [5, 5.41) is 0. The number of hydrogen-bond acceptors (Lipinski definition) is 3. The van der Waals surface area contributed by atoms with Crippen LogP contribution in [0.5, 0.6) is 0 Å². The Labute approximate surface area is 111 Å². The van der Waals surface area contributed by atoms with Gasteiger partial charge in [0.1, 0.15) is 0 Å². The van der Waals surface area contributed by atoms with Gasteiger partial charge in [-0.1, -0.05) is 19.3 Å². The zero-order valence-electron chi connectivity index (χ0n) is 12.2. The van der Waals surface area contributed by atoms with Gasteiger partial charge in [-0.2, -0.15) is 0 Å². The van der Waals surface area contributed by atoms with Crippen molar-refractivity contribution in [3.8, 4) is 0 Å². The van der Waals surface area contributed by atoms with Crippen molar-refractivity contribution in [2.75, 3.05) is 27.2 Å². The third-order valence-electron chi connectivity index (χ3n) is 3.96. The second kappa shape index (κ2) is 7.74. The lowest BCUT2D eigenvalue weighted by molar-refractivity contribution is -0.135. The highest BCUT2D eigenvalue weighted by molar-refractivity contribution is 5.81. The SMILES string of the molecule is CC(C(=O)N(C)C)N(CCCN)C1CCCCC1. The molecular formula is C14H29N3O. The first kappa shape index (κ1) is 15.4. The normalized spacial score (nSPS) is 18.9. The van der Waals surface area contributed by atoms with Gasteiger partial charge in [0.25, 0.3) is 0 Å². The summed E-state index contributed by atoms with van der Waals surface area (Å²) in [7, 11) is 3.67. The standard InChI is InChI=1S/C14H29N3O/c1-12(14(18)16(2)3)17(11-7-10-15)13-8-5-4-6-9-13/h12-13H,4-11,15H2,1-3H3. The minimum Gasteiger partial charge on any atom is -0.347 e. The van der Waals surface area contributed by atoms with E-state index in [9.17, 15) is 4.79 Å². The Morgan fingerprint density at radius 2 is 1.89 bits per heavy atom. The van der Waals surface area contributed by atoms with Gasteiger partial charge in [-0.25, -0.2) is 0 Å². The van der Waals surface area contributed by atoms with E-state index in [-0.39, 0.29) is 11.9 Å². The zero-order valence-corrected chi connectivity index (χ0v) is 12.2. The van der Waals surface area contributed by atoms with Crippen LogP contribution in [0, 0.1) is 0 Å². The lowest BCUT2D eigenvalue weighted by Crippen LogP contribution is -2.50. The second-order valence-corrected chi connectivity index (χ2v) is 5.58. The summed E-state index contributed by atoms with van der Waals surface area (Å²) in [6.45, 7) is 3.68. The highest BCUT2D eigenvalue weighted by atomic mass is 16.2. The molecule has 0 aromatic heterocycles. The van der Waals surface area contributed by atoms with Gasteiger partial charge in [0, 0.05) is 26.7 Å². The maximum Gasteiger partial charge on any atom is 0.239 e. The van der Waals surface area contributed by atoms with E-state index < -0.39 is 0 Å². The van der Waals surface area contributed by atoms with E-state index in [0.29, 0.717) is 12.6 Å². The van der Waals surface area contributed by atoms with Crippen molar-refractivity contribution in [3.05, 3.63) is 0 Å². The predicted molar refractivity (Wildman–Crippen MR) is 75.4 cm³/mol. The van der Waals surface area contributed by atoms with Crippen LogP contribution in [0.25, 0.3) is 0 Å². The van der Waals surface area contributed by atoms with Crippen molar-refractivity contribution in [1.82, 2.24) is 9.80 Å². The maximum atomic E-state index is 12.1. The molecule has 1 fully saturated rings. The molecule has 1 amide bonds. The number of carbonyl (C=O) groups excluding carboxylic acids is 1. The molecule has 4 nitrogen and oxygen atoms in total. The van der Waals surface area contributed by atoms with Crippen LogP contribution in [0.3, 0.4) is 0 Å². The number of carbonyl (C=O) groups is 1. The van der Waals surface area contributed by atoms with Crippen LogP contribution in [-0.2, 0) is 4.79 Å². The number of likely N-dealkylation sites (N-methyl/N-ethyl adjacent to an activating group) is 1.